The fourth-order valence-electron chi connectivity index (χ4n) is 5.98. The van der Waals surface area contributed by atoms with Crippen LogP contribution < -0.4 is 10.6 Å². The van der Waals surface area contributed by atoms with Crippen molar-refractivity contribution in [2.45, 2.75) is 63.8 Å². The molecule has 3 N–H and O–H groups in total. The van der Waals surface area contributed by atoms with E-state index in [4.69, 9.17) is 0 Å². The fraction of sp³-hybridized carbons (Fsp3) is 0.640. The SMILES string of the molecule is O=C1CCC(N2Cc3ccc(CN4CCC(C(O)C5CCNCC5)CC4)cc3C2=O)C(=O)N1. The predicted molar refractivity (Wildman–Crippen MR) is 122 cm³/mol. The molecule has 4 heterocycles. The molecule has 4 aliphatic heterocycles. The van der Waals surface area contributed by atoms with Crippen LogP contribution in [0.25, 0.3) is 0 Å². The van der Waals surface area contributed by atoms with E-state index in [1.54, 1.807) is 4.90 Å². The molecule has 178 valence electrons. The lowest BCUT2D eigenvalue weighted by Crippen LogP contribution is -2.52. The van der Waals surface area contributed by atoms with Crippen molar-refractivity contribution in [1.29, 1.82) is 0 Å². The van der Waals surface area contributed by atoms with Crippen molar-refractivity contribution < 1.29 is 19.5 Å². The molecular formula is C25H34N4O4. The smallest absolute Gasteiger partial charge is 0.255 e. The minimum Gasteiger partial charge on any atom is -0.393 e. The highest BCUT2D eigenvalue weighted by molar-refractivity contribution is 6.05. The van der Waals surface area contributed by atoms with Gasteiger partial charge in [0.1, 0.15) is 6.04 Å². The van der Waals surface area contributed by atoms with Crippen molar-refractivity contribution in [3.8, 4) is 0 Å². The van der Waals surface area contributed by atoms with E-state index in [1.807, 2.05) is 12.1 Å². The number of aliphatic hydroxyl groups is 1. The molecule has 0 radical (unpaired) electrons. The maximum atomic E-state index is 13.1. The van der Waals surface area contributed by atoms with Crippen molar-refractivity contribution in [2.75, 3.05) is 26.2 Å². The monoisotopic (exact) mass is 454 g/mol. The fourth-order valence-corrected chi connectivity index (χ4v) is 5.98. The molecule has 4 aliphatic rings. The Morgan fingerprint density at radius 1 is 1.00 bits per heavy atom. The Hall–Kier alpha value is -2.29. The van der Waals surface area contributed by atoms with E-state index in [-0.39, 0.29) is 30.2 Å². The first-order valence-corrected chi connectivity index (χ1v) is 12.4. The molecule has 2 atom stereocenters. The maximum absolute atomic E-state index is 13.1. The van der Waals surface area contributed by atoms with Gasteiger partial charge in [0.05, 0.1) is 6.10 Å². The number of nitrogens with zero attached hydrogens (tertiary/aromatic N) is 2. The largest absolute Gasteiger partial charge is 0.393 e. The summed E-state index contributed by atoms with van der Waals surface area (Å²) in [4.78, 5) is 40.7. The number of hydrogen-bond donors (Lipinski definition) is 3. The van der Waals surface area contributed by atoms with Gasteiger partial charge in [-0.25, -0.2) is 0 Å². The van der Waals surface area contributed by atoms with Crippen molar-refractivity contribution in [3.05, 3.63) is 34.9 Å². The average molecular weight is 455 g/mol. The van der Waals surface area contributed by atoms with Crippen LogP contribution in [-0.4, -0.2) is 71.0 Å². The first-order valence-electron chi connectivity index (χ1n) is 12.4. The van der Waals surface area contributed by atoms with Crippen LogP contribution in [0.3, 0.4) is 0 Å². The number of piperidine rings is 3. The molecule has 0 aliphatic carbocycles. The summed E-state index contributed by atoms with van der Waals surface area (Å²) in [6.07, 6.45) is 4.63. The van der Waals surface area contributed by atoms with Crippen LogP contribution in [0.2, 0.25) is 0 Å². The highest BCUT2D eigenvalue weighted by atomic mass is 16.3. The zero-order valence-corrected chi connectivity index (χ0v) is 19.1. The molecule has 3 amide bonds. The van der Waals surface area contributed by atoms with E-state index in [0.717, 1.165) is 69.5 Å². The Morgan fingerprint density at radius 3 is 2.45 bits per heavy atom. The van der Waals surface area contributed by atoms with E-state index in [0.29, 0.717) is 30.4 Å². The lowest BCUT2D eigenvalue weighted by Gasteiger charge is -2.38. The quantitative estimate of drug-likeness (QED) is 0.575. The molecule has 2 unspecified atom stereocenters. The maximum Gasteiger partial charge on any atom is 0.255 e. The van der Waals surface area contributed by atoms with Gasteiger partial charge in [0, 0.05) is 25.1 Å². The number of carbonyl (C=O) groups is 3. The van der Waals surface area contributed by atoms with Crippen LogP contribution in [0.15, 0.2) is 18.2 Å². The Labute approximate surface area is 194 Å². The molecule has 3 saturated heterocycles. The number of nitrogens with one attached hydrogen (secondary N) is 2. The van der Waals surface area contributed by atoms with E-state index in [1.165, 1.54) is 0 Å². The van der Waals surface area contributed by atoms with Crippen molar-refractivity contribution >= 4 is 17.7 Å². The van der Waals surface area contributed by atoms with Crippen LogP contribution >= 0.6 is 0 Å². The standard InChI is InChI=1S/C25H34N4O4/c30-22-4-3-21(24(32)27-22)29-15-19-2-1-16(13-20(19)25(29)33)14-28-11-7-18(8-12-28)23(31)17-5-9-26-10-6-17/h1-2,13,17-18,21,23,26,31H,3-12,14-15H2,(H,27,30,32). The number of benzene rings is 1. The highest BCUT2D eigenvalue weighted by Crippen LogP contribution is 2.31. The zero-order valence-electron chi connectivity index (χ0n) is 19.1. The molecule has 0 aromatic heterocycles. The van der Waals surface area contributed by atoms with E-state index < -0.39 is 6.04 Å². The topological polar surface area (TPSA) is 102 Å². The molecule has 33 heavy (non-hydrogen) atoms. The number of rotatable bonds is 5. The van der Waals surface area contributed by atoms with E-state index >= 15 is 0 Å². The summed E-state index contributed by atoms with van der Waals surface area (Å²) in [6.45, 7) is 5.15. The lowest BCUT2D eigenvalue weighted by atomic mass is 9.80. The number of fused-ring (bicyclic) bond motifs is 1. The van der Waals surface area contributed by atoms with Crippen LogP contribution in [0.1, 0.15) is 60.0 Å². The Balaban J connectivity index is 1.17. The minimum absolute atomic E-state index is 0.120. The summed E-state index contributed by atoms with van der Waals surface area (Å²) in [5.74, 6) is 0.0490. The summed E-state index contributed by atoms with van der Waals surface area (Å²) in [7, 11) is 0. The molecule has 8 heteroatoms. The van der Waals surface area contributed by atoms with Gasteiger partial charge in [-0.1, -0.05) is 12.1 Å². The number of likely N-dealkylation sites (tertiary alicyclic amines) is 1. The Kier molecular flexibility index (Phi) is 6.49. The van der Waals surface area contributed by atoms with Gasteiger partial charge in [-0.2, -0.15) is 0 Å². The number of amides is 3. The normalized spacial score (nSPS) is 26.4. The van der Waals surface area contributed by atoms with Crippen molar-refractivity contribution in [1.82, 2.24) is 20.4 Å². The molecule has 0 saturated carbocycles. The molecule has 3 fully saturated rings. The zero-order chi connectivity index (χ0) is 22.9. The second-order valence-corrected chi connectivity index (χ2v) is 10.1. The van der Waals surface area contributed by atoms with Gasteiger partial charge in [0.25, 0.3) is 5.91 Å². The van der Waals surface area contributed by atoms with Crippen LogP contribution in [0, 0.1) is 11.8 Å². The first-order chi connectivity index (χ1) is 16.0. The van der Waals surface area contributed by atoms with Gasteiger partial charge in [-0.05, 0) is 87.3 Å². The Morgan fingerprint density at radius 2 is 1.73 bits per heavy atom. The number of carbonyl (C=O) groups excluding carboxylic acids is 3. The highest BCUT2D eigenvalue weighted by Gasteiger charge is 2.39. The summed E-state index contributed by atoms with van der Waals surface area (Å²) in [5.41, 5.74) is 2.72. The number of hydrogen-bond acceptors (Lipinski definition) is 6. The molecule has 8 nitrogen and oxygen atoms in total. The first kappa shape index (κ1) is 22.5. The second-order valence-electron chi connectivity index (χ2n) is 10.1. The van der Waals surface area contributed by atoms with Crippen LogP contribution in [0.4, 0.5) is 0 Å². The molecular weight excluding hydrogens is 420 g/mol. The van der Waals surface area contributed by atoms with Crippen LogP contribution in [0.5, 0.6) is 0 Å². The van der Waals surface area contributed by atoms with Gasteiger partial charge in [-0.15, -0.1) is 0 Å². The summed E-state index contributed by atoms with van der Waals surface area (Å²) in [6, 6.07) is 5.48. The minimum atomic E-state index is -0.573. The third kappa shape index (κ3) is 4.69. The van der Waals surface area contributed by atoms with Gasteiger partial charge >= 0.3 is 0 Å². The predicted octanol–water partition coefficient (Wildman–Crippen LogP) is 1.02. The molecule has 1 aromatic rings. The van der Waals surface area contributed by atoms with Crippen molar-refractivity contribution in [3.63, 3.8) is 0 Å². The second kappa shape index (κ2) is 9.52. The molecule has 5 rings (SSSR count). The Bertz CT molecular complexity index is 921. The average Bonchev–Trinajstić information content (AvgIpc) is 3.15. The van der Waals surface area contributed by atoms with E-state index in [2.05, 4.69) is 21.6 Å². The molecule has 1 aromatic carbocycles. The number of aliphatic hydroxyl groups excluding tert-OH is 1. The van der Waals surface area contributed by atoms with Gasteiger partial charge in [0.15, 0.2) is 0 Å². The van der Waals surface area contributed by atoms with Gasteiger partial charge in [0.2, 0.25) is 11.8 Å². The van der Waals surface area contributed by atoms with Crippen molar-refractivity contribution in [2.24, 2.45) is 11.8 Å². The van der Waals surface area contributed by atoms with E-state index in [9.17, 15) is 19.5 Å². The third-order valence-corrected chi connectivity index (χ3v) is 7.98. The summed E-state index contributed by atoms with van der Waals surface area (Å²) in [5, 5.41) is 16.6. The van der Waals surface area contributed by atoms with Gasteiger partial charge in [-0.3, -0.25) is 24.6 Å². The molecule has 0 bridgehead atoms. The number of imide groups is 1. The van der Waals surface area contributed by atoms with Gasteiger partial charge < -0.3 is 15.3 Å². The third-order valence-electron chi connectivity index (χ3n) is 7.98. The molecule has 0 spiro atoms. The van der Waals surface area contributed by atoms with Crippen LogP contribution in [-0.2, 0) is 22.7 Å². The lowest BCUT2D eigenvalue weighted by molar-refractivity contribution is -0.136. The summed E-state index contributed by atoms with van der Waals surface area (Å²) < 4.78 is 0. The summed E-state index contributed by atoms with van der Waals surface area (Å²) >= 11 is 0.